The van der Waals surface area contributed by atoms with Gasteiger partial charge in [-0.3, -0.25) is 28.7 Å². The van der Waals surface area contributed by atoms with Gasteiger partial charge in [0.2, 0.25) is 23.6 Å². The van der Waals surface area contributed by atoms with Crippen LogP contribution >= 0.6 is 34.3 Å². The number of nitrogens with zero attached hydrogens (tertiary/aromatic N) is 7. The Hall–Kier alpha value is -5.45. The normalized spacial score (nSPS) is 15.7. The number of carbonyl (C=O) groups is 4. The van der Waals surface area contributed by atoms with Gasteiger partial charge in [-0.25, -0.2) is 4.98 Å². The number of nitrogens with one attached hydrogen (secondary N) is 2. The van der Waals surface area contributed by atoms with E-state index in [0.717, 1.165) is 54.9 Å². The lowest BCUT2D eigenvalue weighted by atomic mass is 9.85. The van der Waals surface area contributed by atoms with Crippen LogP contribution in [0.1, 0.15) is 97.0 Å². The minimum absolute atomic E-state index is 0.0805. The molecule has 2 aliphatic rings. The molecule has 2 aromatic carbocycles. The first kappa shape index (κ1) is 58.2. The number of likely N-dealkylation sites (tertiary alicyclic amines) is 1. The van der Waals surface area contributed by atoms with E-state index < -0.39 is 29.4 Å². The van der Waals surface area contributed by atoms with E-state index in [1.54, 1.807) is 39.5 Å². The van der Waals surface area contributed by atoms with Crippen molar-refractivity contribution in [2.75, 3.05) is 86.2 Å². The Morgan fingerprint density at radius 3 is 2.14 bits per heavy atom. The number of halogens is 1. The molecule has 4 amide bonds. The number of aromatic nitrogens is 4. The first-order valence-electron chi connectivity index (χ1n) is 25.9. The zero-order valence-electron chi connectivity index (χ0n) is 44.9. The van der Waals surface area contributed by atoms with Crippen LogP contribution in [0.15, 0.2) is 59.0 Å². The van der Waals surface area contributed by atoms with E-state index in [0.29, 0.717) is 96.0 Å². The highest BCUT2D eigenvalue weighted by Gasteiger charge is 2.42. The maximum atomic E-state index is 13.9. The zero-order chi connectivity index (χ0) is 54.4. The van der Waals surface area contributed by atoms with Gasteiger partial charge in [-0.15, -0.1) is 32.9 Å². The average molecular weight is 1100 g/mol. The number of benzene rings is 2. The Morgan fingerprint density at radius 1 is 0.842 bits per heavy atom. The molecule has 1 fully saturated rings. The van der Waals surface area contributed by atoms with Gasteiger partial charge in [-0.2, -0.15) is 0 Å². The summed E-state index contributed by atoms with van der Waals surface area (Å²) in [6.07, 6.45) is 2.07. The highest BCUT2D eigenvalue weighted by atomic mass is 35.5. The molecule has 2 unspecified atom stereocenters. The van der Waals surface area contributed by atoms with E-state index in [2.05, 4.69) is 39.7 Å². The van der Waals surface area contributed by atoms with Crippen LogP contribution in [-0.4, -0.2) is 157 Å². The molecule has 18 nitrogen and oxygen atoms in total. The van der Waals surface area contributed by atoms with E-state index >= 15 is 0 Å². The minimum Gasteiger partial charge on any atom is -0.379 e. The first-order valence-corrected chi connectivity index (χ1v) is 27.9. The van der Waals surface area contributed by atoms with Crippen LogP contribution in [0.3, 0.4) is 0 Å². The molecule has 3 atom stereocenters. The van der Waals surface area contributed by atoms with Crippen molar-refractivity contribution < 1.29 is 42.9 Å². The third-order valence-corrected chi connectivity index (χ3v) is 15.8. The van der Waals surface area contributed by atoms with Crippen LogP contribution in [0.4, 0.5) is 0 Å². The molecule has 0 aliphatic carbocycles. The summed E-state index contributed by atoms with van der Waals surface area (Å²) in [7, 11) is 1.77. The topological polar surface area (TPSA) is 201 Å². The van der Waals surface area contributed by atoms with E-state index in [1.807, 2.05) is 93.2 Å². The number of carbonyl (C=O) groups excluding carboxylic acids is 4. The monoisotopic (exact) mass is 1100 g/mol. The lowest BCUT2D eigenvalue weighted by Gasteiger charge is -2.35. The van der Waals surface area contributed by atoms with Gasteiger partial charge in [-0.1, -0.05) is 68.8 Å². The standard InChI is InChI=1S/C55H72ClN9O9S2/c1-35-37(3)76-54-47(35)48(40-16-18-42(56)19-17-40)59-43(51-62-61-38(4)65(51)54)31-46(67)63(8)21-24-72-27-25-70-22-10-23-71-26-28-73-29-30-74-33-45(66)60-50(55(5,6)7)53(69)64-20-9-11-44(64)52(68)57-32-39-12-14-41(15-13-39)49-36(2)58-34-75-49/h12-19,34,43-44,50H,9-11,20-33H2,1-8H3,(H,57,68)(H,60,66)/t43-,44?,50?/m0/s1. The maximum Gasteiger partial charge on any atom is 0.246 e. The second kappa shape index (κ2) is 27.7. The fraction of sp³-hybridized carbons (Fsp3) is 0.527. The molecule has 0 saturated carbocycles. The smallest absolute Gasteiger partial charge is 0.246 e. The number of thiophene rings is 1. The lowest BCUT2D eigenvalue weighted by Crippen LogP contribution is -2.58. The van der Waals surface area contributed by atoms with Crippen molar-refractivity contribution in [1.82, 2.24) is 40.2 Å². The van der Waals surface area contributed by atoms with E-state index in [1.165, 1.54) is 4.88 Å². The Bertz CT molecular complexity index is 2770. The number of aryl methyl sites for hydroxylation is 3. The fourth-order valence-electron chi connectivity index (χ4n) is 8.95. The van der Waals surface area contributed by atoms with Crippen molar-refractivity contribution >= 4 is 63.6 Å². The number of ether oxygens (including phenoxy) is 5. The number of hydrogen-bond donors (Lipinski definition) is 2. The van der Waals surface area contributed by atoms with Crippen LogP contribution in [-0.2, 0) is 49.4 Å². The molecular weight excluding hydrogens is 1030 g/mol. The molecule has 0 bridgehead atoms. The van der Waals surface area contributed by atoms with E-state index in [-0.39, 0.29) is 44.0 Å². The Balaban J connectivity index is 0.708. The number of fused-ring (bicyclic) bond motifs is 3. The highest BCUT2D eigenvalue weighted by molar-refractivity contribution is 7.15. The van der Waals surface area contributed by atoms with Gasteiger partial charge in [0.15, 0.2) is 5.82 Å². The largest absolute Gasteiger partial charge is 0.379 e. The third-order valence-electron chi connectivity index (χ3n) is 13.3. The van der Waals surface area contributed by atoms with Crippen molar-refractivity contribution in [2.24, 2.45) is 10.4 Å². The lowest BCUT2D eigenvalue weighted by molar-refractivity contribution is -0.144. The second-order valence-corrected chi connectivity index (χ2v) is 22.5. The van der Waals surface area contributed by atoms with Crippen molar-refractivity contribution in [1.29, 1.82) is 0 Å². The molecule has 3 aromatic heterocycles. The number of hydrogen-bond acceptors (Lipinski definition) is 15. The van der Waals surface area contributed by atoms with Gasteiger partial charge >= 0.3 is 0 Å². The molecule has 5 aromatic rings. The number of rotatable bonds is 27. The molecule has 2 N–H and O–H groups in total. The maximum absolute atomic E-state index is 13.9. The quantitative estimate of drug-likeness (QED) is 0.0495. The summed E-state index contributed by atoms with van der Waals surface area (Å²) in [5.41, 5.74) is 8.11. The van der Waals surface area contributed by atoms with Crippen molar-refractivity contribution in [3.05, 3.63) is 104 Å². The zero-order valence-corrected chi connectivity index (χ0v) is 47.3. The Morgan fingerprint density at radius 2 is 1.49 bits per heavy atom. The van der Waals surface area contributed by atoms with Gasteiger partial charge in [-0.05, 0) is 81.2 Å². The second-order valence-electron chi connectivity index (χ2n) is 20.0. The molecule has 1 saturated heterocycles. The van der Waals surface area contributed by atoms with Crippen molar-refractivity contribution in [3.8, 4) is 15.4 Å². The number of amides is 4. The SMILES string of the molecule is Cc1ncsc1-c1ccc(CNC(=O)C2CCCN2C(=O)C(NC(=O)COCCOCCOCCCOCCOCCN(C)C(=O)C[C@@H]2N=C(c3ccc(Cl)cc3)c3c(sc(C)c3C)-n3c(C)nnc32)C(C)(C)C)cc1. The molecule has 410 valence electrons. The van der Waals surface area contributed by atoms with Gasteiger partial charge in [0.05, 0.1) is 74.5 Å². The van der Waals surface area contributed by atoms with Crippen LogP contribution in [0.5, 0.6) is 0 Å². The average Bonchev–Trinajstić information content (AvgIpc) is 4.22. The van der Waals surface area contributed by atoms with Gasteiger partial charge in [0, 0.05) is 60.9 Å². The highest BCUT2D eigenvalue weighted by Crippen LogP contribution is 2.40. The summed E-state index contributed by atoms with van der Waals surface area (Å²) in [6, 6.07) is 13.6. The van der Waals surface area contributed by atoms with E-state index in [9.17, 15) is 19.2 Å². The summed E-state index contributed by atoms with van der Waals surface area (Å²) in [6.45, 7) is 18.1. The third kappa shape index (κ3) is 15.4. The molecule has 0 radical (unpaired) electrons. The molecule has 21 heteroatoms. The Labute approximate surface area is 458 Å². The number of likely N-dealkylation sites (N-methyl/N-ethyl adjacent to an activating group) is 1. The van der Waals surface area contributed by atoms with Crippen LogP contribution in [0.2, 0.25) is 5.02 Å². The van der Waals surface area contributed by atoms with Crippen LogP contribution < -0.4 is 10.6 Å². The van der Waals surface area contributed by atoms with Crippen LogP contribution in [0, 0.1) is 33.1 Å². The van der Waals surface area contributed by atoms with Gasteiger partial charge in [0.25, 0.3) is 0 Å². The molecular formula is C55H72ClN9O9S2. The summed E-state index contributed by atoms with van der Waals surface area (Å²) in [5.74, 6) is 0.376. The summed E-state index contributed by atoms with van der Waals surface area (Å²) in [5, 5.41) is 16.4. The summed E-state index contributed by atoms with van der Waals surface area (Å²) < 4.78 is 30.4. The molecule has 0 spiro atoms. The van der Waals surface area contributed by atoms with E-state index in [4.69, 9.17) is 40.3 Å². The number of aliphatic imine (C=N–C) groups is 1. The minimum atomic E-state index is -0.847. The molecule has 7 rings (SSSR count). The molecule has 76 heavy (non-hydrogen) atoms. The predicted octanol–water partition coefficient (Wildman–Crippen LogP) is 7.39. The Kier molecular flexibility index (Phi) is 21.3. The number of thiazole rings is 1. The molecule has 2 aliphatic heterocycles. The van der Waals surface area contributed by atoms with Crippen molar-refractivity contribution in [3.63, 3.8) is 0 Å². The van der Waals surface area contributed by atoms with Gasteiger partial charge < -0.3 is 44.1 Å². The summed E-state index contributed by atoms with van der Waals surface area (Å²) in [4.78, 5) is 69.0. The molecule has 5 heterocycles. The first-order chi connectivity index (χ1) is 36.5. The fourth-order valence-corrected chi connectivity index (χ4v) is 11.1. The summed E-state index contributed by atoms with van der Waals surface area (Å²) >= 11 is 9.52. The van der Waals surface area contributed by atoms with Gasteiger partial charge in [0.1, 0.15) is 35.6 Å². The van der Waals surface area contributed by atoms with Crippen LogP contribution in [0.25, 0.3) is 15.4 Å². The van der Waals surface area contributed by atoms with Crippen molar-refractivity contribution in [2.45, 2.75) is 98.8 Å². The predicted molar refractivity (Wildman–Crippen MR) is 294 cm³/mol.